The molecule has 0 saturated heterocycles. The molecule has 26 heavy (non-hydrogen) atoms. The van der Waals surface area contributed by atoms with E-state index in [4.69, 9.17) is 15.1 Å². The Hall–Kier alpha value is -3.26. The van der Waals surface area contributed by atoms with Crippen molar-refractivity contribution in [2.24, 2.45) is 0 Å². The predicted molar refractivity (Wildman–Crippen MR) is 109 cm³/mol. The maximum absolute atomic E-state index is 7.95. The van der Waals surface area contributed by atoms with Gasteiger partial charge in [-0.25, -0.2) is 0 Å². The molecule has 0 fully saturated rings. The molecule has 128 valence electrons. The molecule has 2 heteroatoms. The molecule has 2 nitrogen and oxygen atoms in total. The molecule has 0 bridgehead atoms. The molecule has 0 aliphatic rings. The fourth-order valence-corrected chi connectivity index (χ4v) is 2.04. The number of hydrogen-bond acceptors (Lipinski definition) is 2. The summed E-state index contributed by atoms with van der Waals surface area (Å²) in [7, 11) is 0. The second-order valence-electron chi connectivity index (χ2n) is 5.28. The number of nitrogens with zero attached hydrogens (tertiary/aromatic N) is 2. The molecule has 0 aliphatic carbocycles. The molecule has 0 amide bonds. The van der Waals surface area contributed by atoms with Gasteiger partial charge in [0.1, 0.15) is 0 Å². The fourth-order valence-electron chi connectivity index (χ4n) is 2.04. The first-order valence-corrected chi connectivity index (χ1v) is 7.79. The summed E-state index contributed by atoms with van der Waals surface area (Å²) in [6.45, 7) is -0.774. The van der Waals surface area contributed by atoms with Gasteiger partial charge < -0.3 is 0 Å². The van der Waals surface area contributed by atoms with Crippen LogP contribution in [0.1, 0.15) is 26.2 Å². The lowest BCUT2D eigenvalue weighted by Crippen LogP contribution is -1.81. The standard InChI is InChI=1S/2C12H11N/c2*1-10-5-7-11(8-6-10)12-4-2-3-9-13-12/h2*2-9H,1H3/i1D3,2D,3D,4D,5D,6D,7D,8D,9D;. The van der Waals surface area contributed by atoms with Crippen LogP contribution in [0.25, 0.3) is 22.5 Å². The molecule has 0 atom stereocenters. The van der Waals surface area contributed by atoms with E-state index >= 15 is 0 Å². The summed E-state index contributed by atoms with van der Waals surface area (Å²) in [5.41, 5.74) is 1.80. The van der Waals surface area contributed by atoms with E-state index in [-0.39, 0.29) is 0 Å². The monoisotopic (exact) mass is 349 g/mol. The van der Waals surface area contributed by atoms with Crippen LogP contribution < -0.4 is 0 Å². The maximum atomic E-state index is 7.95. The van der Waals surface area contributed by atoms with E-state index in [1.807, 2.05) is 24.4 Å². The van der Waals surface area contributed by atoms with Crippen LogP contribution in [0.2, 0.25) is 0 Å². The molecular formula is C24H22N2. The quantitative estimate of drug-likeness (QED) is 0.436. The van der Waals surface area contributed by atoms with Crippen molar-refractivity contribution in [3.8, 4) is 22.5 Å². The number of benzene rings is 2. The second kappa shape index (κ2) is 8.72. The number of aromatic nitrogens is 2. The summed E-state index contributed by atoms with van der Waals surface area (Å²) >= 11 is 0. The van der Waals surface area contributed by atoms with Gasteiger partial charge >= 0.3 is 0 Å². The first-order valence-electron chi connectivity index (χ1n) is 13.3. The zero-order valence-electron chi connectivity index (χ0n) is 25.0. The third-order valence-electron chi connectivity index (χ3n) is 3.34. The van der Waals surface area contributed by atoms with Crippen LogP contribution in [0, 0.1) is 13.8 Å². The summed E-state index contributed by atoms with van der Waals surface area (Å²) in [6, 6.07) is 9.45. The minimum absolute atomic E-state index is 0.463. The van der Waals surface area contributed by atoms with Crippen molar-refractivity contribution in [2.45, 2.75) is 13.8 Å². The highest BCUT2D eigenvalue weighted by Gasteiger charge is 1.96. The van der Waals surface area contributed by atoms with Crippen molar-refractivity contribution in [3.63, 3.8) is 0 Å². The average Bonchev–Trinajstić information content (AvgIpc) is 2.85. The van der Waals surface area contributed by atoms with Crippen LogP contribution in [0.4, 0.5) is 0 Å². The molecular weight excluding hydrogens is 316 g/mol. The maximum Gasteiger partial charge on any atom is 0.0840 e. The Bertz CT molecular complexity index is 1410. The summed E-state index contributed by atoms with van der Waals surface area (Å²) < 4.78 is 84.0. The SMILES string of the molecule is Cc1ccc(-c2ccccn2)cc1.[2H]c1nc(-c2c([2H])c([2H])c(C([2H])([2H])[2H])c([2H])c2[2H])c([2H])c([2H])c1[2H]. The molecule has 0 aliphatic heterocycles. The average molecular weight is 350 g/mol. The van der Waals surface area contributed by atoms with E-state index in [0.29, 0.717) is 0 Å². The van der Waals surface area contributed by atoms with Gasteiger partial charge in [0.05, 0.1) is 22.4 Å². The minimum Gasteiger partial charge on any atom is -0.256 e. The zero-order chi connectivity index (χ0) is 27.7. The highest BCUT2D eigenvalue weighted by Crippen LogP contribution is 2.17. The normalized spacial score (nSPS) is 16.4. The molecule has 0 unspecified atom stereocenters. The molecule has 0 N–H and O–H groups in total. The molecule has 2 aromatic heterocycles. The van der Waals surface area contributed by atoms with Crippen LogP contribution in [-0.2, 0) is 0 Å². The van der Waals surface area contributed by atoms with Gasteiger partial charge in [-0.15, -0.1) is 0 Å². The van der Waals surface area contributed by atoms with Crippen molar-refractivity contribution in [2.75, 3.05) is 0 Å². The molecule has 2 aromatic carbocycles. The second-order valence-corrected chi connectivity index (χ2v) is 5.28. The third-order valence-corrected chi connectivity index (χ3v) is 3.34. The lowest BCUT2D eigenvalue weighted by Gasteiger charge is -1.99. The van der Waals surface area contributed by atoms with Crippen LogP contribution in [0.15, 0.2) is 97.1 Å². The molecule has 0 radical (unpaired) electrons. The Balaban J connectivity index is 0.000000244. The van der Waals surface area contributed by atoms with Crippen molar-refractivity contribution in [1.29, 1.82) is 0 Å². The van der Waals surface area contributed by atoms with E-state index in [1.165, 1.54) is 11.1 Å². The Morgan fingerprint density at radius 3 is 2.23 bits per heavy atom. The lowest BCUT2D eigenvalue weighted by atomic mass is 10.1. The van der Waals surface area contributed by atoms with E-state index in [1.54, 1.807) is 0 Å². The Labute approximate surface area is 170 Å². The van der Waals surface area contributed by atoms with Gasteiger partial charge in [-0.05, 0) is 38.0 Å². The van der Waals surface area contributed by atoms with Crippen LogP contribution in [0.3, 0.4) is 0 Å². The molecule has 4 rings (SSSR count). The van der Waals surface area contributed by atoms with E-state index < -0.39 is 72.1 Å². The summed E-state index contributed by atoms with van der Waals surface area (Å²) in [5.74, 6) is 0. The van der Waals surface area contributed by atoms with Crippen LogP contribution in [-0.4, -0.2) is 9.97 Å². The predicted octanol–water partition coefficient (Wildman–Crippen LogP) is 6.11. The Morgan fingerprint density at radius 2 is 1.54 bits per heavy atom. The number of pyridine rings is 2. The van der Waals surface area contributed by atoms with Gasteiger partial charge in [-0.3, -0.25) is 9.97 Å². The highest BCUT2D eigenvalue weighted by atomic mass is 14.7. The fraction of sp³-hybridized carbons (Fsp3) is 0.0833. The first-order chi connectivity index (χ1) is 17.3. The van der Waals surface area contributed by atoms with Gasteiger partial charge in [0, 0.05) is 27.6 Å². The topological polar surface area (TPSA) is 25.8 Å². The Morgan fingerprint density at radius 1 is 0.731 bits per heavy atom. The molecule has 0 spiro atoms. The summed E-state index contributed by atoms with van der Waals surface area (Å²) in [5, 5.41) is 0. The van der Waals surface area contributed by atoms with Crippen molar-refractivity contribution in [1.82, 2.24) is 9.97 Å². The Kier molecular flexibility index (Phi) is 2.82. The van der Waals surface area contributed by atoms with Gasteiger partial charge in [-0.1, -0.05) is 71.7 Å². The van der Waals surface area contributed by atoms with Gasteiger partial charge in [0.2, 0.25) is 0 Å². The van der Waals surface area contributed by atoms with Crippen molar-refractivity contribution in [3.05, 3.63) is 108 Å². The smallest absolute Gasteiger partial charge is 0.0840 e. The lowest BCUT2D eigenvalue weighted by molar-refractivity contribution is 1.32. The van der Waals surface area contributed by atoms with Crippen molar-refractivity contribution < 1.29 is 15.1 Å². The zero-order valence-corrected chi connectivity index (χ0v) is 14.0. The molecule has 4 aromatic rings. The van der Waals surface area contributed by atoms with Gasteiger partial charge in [0.25, 0.3) is 0 Å². The van der Waals surface area contributed by atoms with Gasteiger partial charge in [0.15, 0.2) is 0 Å². The highest BCUT2D eigenvalue weighted by molar-refractivity contribution is 5.59. The number of rotatable bonds is 2. The largest absolute Gasteiger partial charge is 0.256 e. The van der Waals surface area contributed by atoms with Gasteiger partial charge in [-0.2, -0.15) is 0 Å². The van der Waals surface area contributed by atoms with E-state index in [9.17, 15) is 0 Å². The summed E-state index contributed by atoms with van der Waals surface area (Å²) in [6.07, 6.45) is 1.16. The van der Waals surface area contributed by atoms with Crippen molar-refractivity contribution >= 4 is 0 Å². The van der Waals surface area contributed by atoms with E-state index in [0.717, 1.165) is 5.69 Å². The first kappa shape index (κ1) is 8.41. The minimum atomic E-state index is -2.86. The molecule has 2 heterocycles. The van der Waals surface area contributed by atoms with E-state index in [2.05, 4.69) is 41.2 Å². The van der Waals surface area contributed by atoms with Crippen LogP contribution >= 0.6 is 0 Å². The number of aryl methyl sites for hydroxylation is 1. The number of hydrogen-bond donors (Lipinski definition) is 0. The third kappa shape index (κ3) is 4.87. The summed E-state index contributed by atoms with van der Waals surface area (Å²) in [4.78, 5) is 7.90. The molecule has 0 saturated carbocycles. The van der Waals surface area contributed by atoms with Crippen LogP contribution in [0.5, 0.6) is 0 Å².